The predicted molar refractivity (Wildman–Crippen MR) is 128 cm³/mol. The lowest BCUT2D eigenvalue weighted by Gasteiger charge is -2.11. The number of amides is 1. The molecule has 0 radical (unpaired) electrons. The number of fused-ring (bicyclic) bond motifs is 1. The van der Waals surface area contributed by atoms with Crippen LogP contribution in [0, 0.1) is 0 Å². The lowest BCUT2D eigenvalue weighted by molar-refractivity contribution is -0.118. The maximum Gasteiger partial charge on any atom is 0.238 e. The van der Waals surface area contributed by atoms with Crippen molar-refractivity contribution in [3.8, 4) is 11.5 Å². The standard InChI is InChI=1S/C22H28N4O5S2/c1-4-5-10-26-18-8-7-16(33(23,28)29)12-17(18)25-22(26)32-14-21(27)24-13-15-6-9-19(30-2)20(11-15)31-3/h6-9,11-12H,4-5,10,13-14H2,1-3H3,(H,24,27)(H2,23,28,29). The molecule has 9 nitrogen and oxygen atoms in total. The number of nitrogens with two attached hydrogens (primary N) is 1. The first-order chi connectivity index (χ1) is 15.8. The molecule has 3 rings (SSSR count). The Morgan fingerprint density at radius 1 is 1.15 bits per heavy atom. The number of carbonyl (C=O) groups excluding carboxylic acids is 1. The molecule has 0 saturated heterocycles. The molecule has 0 unspecified atom stereocenters. The number of imidazole rings is 1. The molecule has 0 spiro atoms. The number of hydrogen-bond donors (Lipinski definition) is 2. The van der Waals surface area contributed by atoms with Crippen LogP contribution in [0.1, 0.15) is 25.3 Å². The monoisotopic (exact) mass is 492 g/mol. The molecule has 1 aromatic heterocycles. The van der Waals surface area contributed by atoms with Crippen molar-refractivity contribution in [3.05, 3.63) is 42.0 Å². The van der Waals surface area contributed by atoms with Gasteiger partial charge in [0.25, 0.3) is 0 Å². The van der Waals surface area contributed by atoms with E-state index in [0.29, 0.717) is 28.7 Å². The Morgan fingerprint density at radius 2 is 1.91 bits per heavy atom. The van der Waals surface area contributed by atoms with Crippen molar-refractivity contribution in [1.29, 1.82) is 0 Å². The molecule has 0 aliphatic rings. The van der Waals surface area contributed by atoms with Crippen LogP contribution in [0.25, 0.3) is 11.0 Å². The van der Waals surface area contributed by atoms with Crippen LogP contribution in [0.2, 0.25) is 0 Å². The topological polar surface area (TPSA) is 126 Å². The first-order valence-electron chi connectivity index (χ1n) is 10.4. The number of benzene rings is 2. The zero-order valence-electron chi connectivity index (χ0n) is 18.8. The van der Waals surface area contributed by atoms with Crippen LogP contribution in [0.4, 0.5) is 0 Å². The summed E-state index contributed by atoms with van der Waals surface area (Å²) >= 11 is 1.31. The molecule has 0 aliphatic heterocycles. The summed E-state index contributed by atoms with van der Waals surface area (Å²) in [6, 6.07) is 10.1. The van der Waals surface area contributed by atoms with Crippen molar-refractivity contribution in [2.45, 2.75) is 42.9 Å². The van der Waals surface area contributed by atoms with Gasteiger partial charge < -0.3 is 19.4 Å². The molecule has 178 valence electrons. The summed E-state index contributed by atoms with van der Waals surface area (Å²) in [7, 11) is -0.688. The number of methoxy groups -OCH3 is 2. The number of thioether (sulfide) groups is 1. The first kappa shape index (κ1) is 24.9. The fourth-order valence-electron chi connectivity index (χ4n) is 3.28. The van der Waals surface area contributed by atoms with E-state index in [0.717, 1.165) is 30.5 Å². The summed E-state index contributed by atoms with van der Waals surface area (Å²) in [5, 5.41) is 8.80. The Labute approximate surface area is 197 Å². The summed E-state index contributed by atoms with van der Waals surface area (Å²) in [5.41, 5.74) is 2.23. The van der Waals surface area contributed by atoms with Crippen molar-refractivity contribution >= 4 is 38.7 Å². The molecule has 0 fully saturated rings. The van der Waals surface area contributed by atoms with Crippen LogP contribution in [-0.2, 0) is 27.9 Å². The van der Waals surface area contributed by atoms with Crippen molar-refractivity contribution in [1.82, 2.24) is 14.9 Å². The van der Waals surface area contributed by atoms with Gasteiger partial charge in [0, 0.05) is 13.1 Å². The van der Waals surface area contributed by atoms with E-state index >= 15 is 0 Å². The number of sulfonamides is 1. The van der Waals surface area contributed by atoms with Gasteiger partial charge >= 0.3 is 0 Å². The number of rotatable bonds is 11. The number of aryl methyl sites for hydroxylation is 1. The highest BCUT2D eigenvalue weighted by atomic mass is 32.2. The maximum atomic E-state index is 12.5. The number of hydrogen-bond acceptors (Lipinski definition) is 7. The molecule has 3 aromatic rings. The summed E-state index contributed by atoms with van der Waals surface area (Å²) in [6.45, 7) is 3.16. The minimum Gasteiger partial charge on any atom is -0.493 e. The Morgan fingerprint density at radius 3 is 2.58 bits per heavy atom. The van der Waals surface area contributed by atoms with Crippen LogP contribution < -0.4 is 19.9 Å². The molecule has 11 heteroatoms. The minimum absolute atomic E-state index is 0.0133. The van der Waals surface area contributed by atoms with Gasteiger partial charge in [-0.25, -0.2) is 18.5 Å². The van der Waals surface area contributed by atoms with Crippen LogP contribution >= 0.6 is 11.8 Å². The third-order valence-corrected chi connectivity index (χ3v) is 6.91. The van der Waals surface area contributed by atoms with Crippen molar-refractivity contribution < 1.29 is 22.7 Å². The molecule has 0 bridgehead atoms. The third kappa shape index (κ3) is 6.18. The molecule has 1 heterocycles. The van der Waals surface area contributed by atoms with E-state index in [-0.39, 0.29) is 16.6 Å². The van der Waals surface area contributed by atoms with Gasteiger partial charge in [0.05, 0.1) is 35.9 Å². The van der Waals surface area contributed by atoms with Gasteiger partial charge in [-0.2, -0.15) is 0 Å². The lowest BCUT2D eigenvalue weighted by Crippen LogP contribution is -2.24. The van der Waals surface area contributed by atoms with Crippen molar-refractivity contribution in [2.24, 2.45) is 5.14 Å². The molecule has 1 amide bonds. The smallest absolute Gasteiger partial charge is 0.238 e. The second-order valence-electron chi connectivity index (χ2n) is 7.35. The van der Waals surface area contributed by atoms with Gasteiger partial charge in [0.1, 0.15) is 0 Å². The fourth-order valence-corrected chi connectivity index (χ4v) is 4.68. The highest BCUT2D eigenvalue weighted by Crippen LogP contribution is 2.28. The predicted octanol–water partition coefficient (Wildman–Crippen LogP) is 2.91. The van der Waals surface area contributed by atoms with E-state index in [9.17, 15) is 13.2 Å². The van der Waals surface area contributed by atoms with E-state index in [4.69, 9.17) is 14.6 Å². The number of nitrogens with zero attached hydrogens (tertiary/aromatic N) is 2. The van der Waals surface area contributed by atoms with Gasteiger partial charge in [0.15, 0.2) is 16.7 Å². The number of aromatic nitrogens is 2. The zero-order valence-corrected chi connectivity index (χ0v) is 20.5. The summed E-state index contributed by atoms with van der Waals surface area (Å²) in [6.07, 6.45) is 1.92. The highest BCUT2D eigenvalue weighted by molar-refractivity contribution is 7.99. The molecule has 0 saturated carbocycles. The molecule has 33 heavy (non-hydrogen) atoms. The van der Waals surface area contributed by atoms with Crippen LogP contribution in [0.15, 0.2) is 46.5 Å². The van der Waals surface area contributed by atoms with Crippen molar-refractivity contribution in [3.63, 3.8) is 0 Å². The Hall–Kier alpha value is -2.76. The summed E-state index contributed by atoms with van der Waals surface area (Å²) in [4.78, 5) is 17.1. The highest BCUT2D eigenvalue weighted by Gasteiger charge is 2.16. The molecule has 0 atom stereocenters. The van der Waals surface area contributed by atoms with Crippen LogP contribution in [-0.4, -0.2) is 43.8 Å². The maximum absolute atomic E-state index is 12.5. The lowest BCUT2D eigenvalue weighted by atomic mass is 10.2. The van der Waals surface area contributed by atoms with E-state index in [2.05, 4.69) is 17.2 Å². The number of primary sulfonamides is 1. The normalized spacial score (nSPS) is 11.5. The SMILES string of the molecule is CCCCn1c(SCC(=O)NCc2ccc(OC)c(OC)c2)nc2cc(S(N)(=O)=O)ccc21. The minimum atomic E-state index is -3.82. The number of ether oxygens (including phenoxy) is 2. The van der Waals surface area contributed by atoms with E-state index in [1.807, 2.05) is 16.7 Å². The van der Waals surface area contributed by atoms with E-state index in [1.165, 1.54) is 23.9 Å². The van der Waals surface area contributed by atoms with Gasteiger partial charge in [0.2, 0.25) is 15.9 Å². The second kappa shape index (κ2) is 10.9. The van der Waals surface area contributed by atoms with Gasteiger partial charge in [-0.15, -0.1) is 0 Å². The second-order valence-corrected chi connectivity index (χ2v) is 9.85. The molecular formula is C22H28N4O5S2. The fraction of sp³-hybridized carbons (Fsp3) is 0.364. The molecule has 0 aliphatic carbocycles. The Bertz CT molecular complexity index is 1240. The number of nitrogens with one attached hydrogen (secondary N) is 1. The van der Waals surface area contributed by atoms with Gasteiger partial charge in [-0.3, -0.25) is 4.79 Å². The number of carbonyl (C=O) groups is 1. The molecular weight excluding hydrogens is 464 g/mol. The van der Waals surface area contributed by atoms with E-state index < -0.39 is 10.0 Å². The quantitative estimate of drug-likeness (QED) is 0.394. The van der Waals surface area contributed by atoms with E-state index in [1.54, 1.807) is 26.4 Å². The Balaban J connectivity index is 1.71. The van der Waals surface area contributed by atoms with Gasteiger partial charge in [-0.1, -0.05) is 31.2 Å². The summed E-state index contributed by atoms with van der Waals surface area (Å²) in [5.74, 6) is 1.25. The molecule has 2 aromatic carbocycles. The van der Waals surface area contributed by atoms with Crippen LogP contribution in [0.3, 0.4) is 0 Å². The Kier molecular flexibility index (Phi) is 8.22. The van der Waals surface area contributed by atoms with Crippen molar-refractivity contribution in [2.75, 3.05) is 20.0 Å². The van der Waals surface area contributed by atoms with Crippen LogP contribution in [0.5, 0.6) is 11.5 Å². The zero-order chi connectivity index (χ0) is 24.0. The van der Waals surface area contributed by atoms with Gasteiger partial charge in [-0.05, 0) is 42.3 Å². The number of unbranched alkanes of at least 4 members (excludes halogenated alkanes) is 1. The average molecular weight is 493 g/mol. The molecule has 3 N–H and O–H groups in total. The first-order valence-corrected chi connectivity index (χ1v) is 12.9. The average Bonchev–Trinajstić information content (AvgIpc) is 3.15. The summed E-state index contributed by atoms with van der Waals surface area (Å²) < 4.78 is 35.9. The third-order valence-electron chi connectivity index (χ3n) is 5.02. The largest absolute Gasteiger partial charge is 0.493 e.